The normalized spacial score (nSPS) is 19.6. The zero-order valence-electron chi connectivity index (χ0n) is 16.5. The van der Waals surface area contributed by atoms with Gasteiger partial charge in [-0.25, -0.2) is 8.78 Å². The molecule has 4 rings (SSSR count). The van der Waals surface area contributed by atoms with Gasteiger partial charge in [-0.05, 0) is 48.3 Å². The highest BCUT2D eigenvalue weighted by Gasteiger charge is 2.20. The van der Waals surface area contributed by atoms with E-state index >= 15 is 0 Å². The third-order valence-corrected chi connectivity index (χ3v) is 6.15. The van der Waals surface area contributed by atoms with Gasteiger partial charge in [0.15, 0.2) is 11.6 Å². The lowest BCUT2D eigenvalue weighted by Crippen LogP contribution is -2.10. The summed E-state index contributed by atoms with van der Waals surface area (Å²) in [4.78, 5) is 0. The van der Waals surface area contributed by atoms with Gasteiger partial charge in [-0.15, -0.1) is 0 Å². The zero-order chi connectivity index (χ0) is 19.7. The largest absolute Gasteiger partial charge is 0.203 e. The maximum atomic E-state index is 14.8. The van der Waals surface area contributed by atoms with E-state index in [0.29, 0.717) is 22.6 Å². The van der Waals surface area contributed by atoms with Crippen molar-refractivity contribution >= 4 is 0 Å². The number of rotatable bonds is 3. The van der Waals surface area contributed by atoms with E-state index in [1.807, 2.05) is 43.3 Å². The molecule has 0 amide bonds. The highest BCUT2D eigenvalue weighted by Crippen LogP contribution is 2.37. The first-order chi connectivity index (χ1) is 13.5. The number of halogens is 2. The number of hydrogen-bond donors (Lipinski definition) is 0. The van der Waals surface area contributed by atoms with E-state index in [1.54, 1.807) is 12.1 Å². The lowest BCUT2D eigenvalue weighted by atomic mass is 9.79. The third-order valence-electron chi connectivity index (χ3n) is 6.15. The van der Waals surface area contributed by atoms with Gasteiger partial charge in [0.1, 0.15) is 0 Å². The Balaban J connectivity index is 0.00000240. The standard InChI is InChI=1S/C26H26F2.H2/c1-17-3-7-19(8-4-17)20-11-13-22(14-12-20)24-16-15-23(25(27)26(24)28)21-9-5-18(2)6-10-21;/h5-6,9-17,19H,3-4,7-8H2,1-2H3;1H. The van der Waals surface area contributed by atoms with E-state index in [1.165, 1.54) is 31.2 Å². The van der Waals surface area contributed by atoms with Gasteiger partial charge >= 0.3 is 0 Å². The Morgan fingerprint density at radius 3 is 1.64 bits per heavy atom. The quantitative estimate of drug-likeness (QED) is 0.431. The second kappa shape index (κ2) is 7.87. The highest BCUT2D eigenvalue weighted by molar-refractivity contribution is 5.72. The number of aryl methyl sites for hydroxylation is 1. The summed E-state index contributed by atoms with van der Waals surface area (Å²) in [6.07, 6.45) is 4.98. The first kappa shape index (κ1) is 18.9. The molecule has 28 heavy (non-hydrogen) atoms. The summed E-state index contributed by atoms with van der Waals surface area (Å²) < 4.78 is 29.6. The summed E-state index contributed by atoms with van der Waals surface area (Å²) >= 11 is 0. The Hall–Kier alpha value is -2.48. The van der Waals surface area contributed by atoms with Crippen LogP contribution in [-0.4, -0.2) is 0 Å². The van der Waals surface area contributed by atoms with Gasteiger partial charge in [0.25, 0.3) is 0 Å². The summed E-state index contributed by atoms with van der Waals surface area (Å²) in [6, 6.07) is 18.9. The Kier molecular flexibility index (Phi) is 5.30. The van der Waals surface area contributed by atoms with Crippen LogP contribution < -0.4 is 0 Å². The summed E-state index contributed by atoms with van der Waals surface area (Å²) in [5.74, 6) is -0.153. The molecule has 0 atom stereocenters. The molecule has 146 valence electrons. The first-order valence-corrected chi connectivity index (χ1v) is 10.2. The molecule has 0 bridgehead atoms. The van der Waals surface area contributed by atoms with Crippen molar-refractivity contribution in [2.24, 2.45) is 5.92 Å². The van der Waals surface area contributed by atoms with Crippen LogP contribution in [0.25, 0.3) is 22.3 Å². The van der Waals surface area contributed by atoms with Gasteiger partial charge in [0.2, 0.25) is 0 Å². The van der Waals surface area contributed by atoms with Crippen LogP contribution in [0.5, 0.6) is 0 Å². The second-order valence-corrected chi connectivity index (χ2v) is 8.23. The highest BCUT2D eigenvalue weighted by atomic mass is 19.2. The molecule has 1 fully saturated rings. The molecular weight excluding hydrogens is 350 g/mol. The second-order valence-electron chi connectivity index (χ2n) is 8.23. The molecule has 0 saturated heterocycles. The van der Waals surface area contributed by atoms with Crippen LogP contribution in [-0.2, 0) is 0 Å². The molecule has 0 nitrogen and oxygen atoms in total. The molecule has 1 aliphatic rings. The molecule has 3 aromatic carbocycles. The molecule has 0 N–H and O–H groups in total. The summed E-state index contributed by atoms with van der Waals surface area (Å²) in [5, 5.41) is 0. The SMILES string of the molecule is Cc1ccc(-c2ccc(-c3ccc(C4CCC(C)CC4)cc3)c(F)c2F)cc1.[HH]. The van der Waals surface area contributed by atoms with Gasteiger partial charge in [-0.2, -0.15) is 0 Å². The minimum atomic E-state index is -0.785. The molecule has 0 spiro atoms. The van der Waals surface area contributed by atoms with Crippen molar-refractivity contribution < 1.29 is 10.2 Å². The number of benzene rings is 3. The fourth-order valence-electron chi connectivity index (χ4n) is 4.26. The molecule has 0 aromatic heterocycles. The van der Waals surface area contributed by atoms with Gasteiger partial charge < -0.3 is 0 Å². The predicted octanol–water partition coefficient (Wildman–Crippen LogP) is 8.15. The first-order valence-electron chi connectivity index (χ1n) is 10.2. The maximum Gasteiger partial charge on any atom is 0.167 e. The summed E-state index contributed by atoms with van der Waals surface area (Å²) in [6.45, 7) is 4.29. The minimum absolute atomic E-state index is 0. The molecule has 3 aromatic rings. The van der Waals surface area contributed by atoms with Gasteiger partial charge in [-0.3, -0.25) is 0 Å². The molecular formula is C26H28F2. The smallest absolute Gasteiger partial charge is 0.167 e. The van der Waals surface area contributed by atoms with E-state index in [4.69, 9.17) is 0 Å². The van der Waals surface area contributed by atoms with Crippen LogP contribution in [0.4, 0.5) is 8.78 Å². The van der Waals surface area contributed by atoms with Crippen molar-refractivity contribution in [1.82, 2.24) is 0 Å². The fraction of sp³-hybridized carbons (Fsp3) is 0.308. The Morgan fingerprint density at radius 1 is 0.679 bits per heavy atom. The Labute approximate surface area is 167 Å². The molecule has 0 heterocycles. The van der Waals surface area contributed by atoms with E-state index in [9.17, 15) is 8.78 Å². The summed E-state index contributed by atoms with van der Waals surface area (Å²) in [5.41, 5.74) is 4.43. The molecule has 0 aliphatic heterocycles. The van der Waals surface area contributed by atoms with Crippen molar-refractivity contribution in [3.8, 4) is 22.3 Å². The van der Waals surface area contributed by atoms with Crippen molar-refractivity contribution in [2.75, 3.05) is 0 Å². The van der Waals surface area contributed by atoms with Crippen molar-refractivity contribution in [2.45, 2.75) is 45.4 Å². The molecule has 2 heteroatoms. The van der Waals surface area contributed by atoms with Crippen LogP contribution in [0.3, 0.4) is 0 Å². The Morgan fingerprint density at radius 2 is 1.14 bits per heavy atom. The van der Waals surface area contributed by atoms with Gasteiger partial charge in [0.05, 0.1) is 0 Å². The molecule has 1 saturated carbocycles. The van der Waals surface area contributed by atoms with Crippen LogP contribution in [0.2, 0.25) is 0 Å². The Bertz CT molecular complexity index is 953. The van der Waals surface area contributed by atoms with Crippen molar-refractivity contribution in [3.63, 3.8) is 0 Å². The monoisotopic (exact) mass is 378 g/mol. The van der Waals surface area contributed by atoms with Crippen molar-refractivity contribution in [1.29, 1.82) is 0 Å². The van der Waals surface area contributed by atoms with E-state index in [0.717, 1.165) is 17.0 Å². The van der Waals surface area contributed by atoms with E-state index in [2.05, 4.69) is 19.1 Å². The van der Waals surface area contributed by atoms with E-state index < -0.39 is 11.6 Å². The predicted molar refractivity (Wildman–Crippen MR) is 114 cm³/mol. The minimum Gasteiger partial charge on any atom is -0.203 e. The average molecular weight is 379 g/mol. The zero-order valence-corrected chi connectivity index (χ0v) is 16.5. The third kappa shape index (κ3) is 3.73. The van der Waals surface area contributed by atoms with Crippen LogP contribution in [0, 0.1) is 24.5 Å². The van der Waals surface area contributed by atoms with Crippen LogP contribution in [0.15, 0.2) is 60.7 Å². The van der Waals surface area contributed by atoms with Crippen molar-refractivity contribution in [3.05, 3.63) is 83.4 Å². The maximum absolute atomic E-state index is 14.8. The lowest BCUT2D eigenvalue weighted by Gasteiger charge is -2.26. The van der Waals surface area contributed by atoms with Crippen LogP contribution in [0.1, 0.15) is 51.1 Å². The molecule has 1 aliphatic carbocycles. The molecule has 0 unspecified atom stereocenters. The topological polar surface area (TPSA) is 0 Å². The van der Waals surface area contributed by atoms with Gasteiger partial charge in [-0.1, -0.05) is 86.0 Å². The summed E-state index contributed by atoms with van der Waals surface area (Å²) in [7, 11) is 0. The average Bonchev–Trinajstić information content (AvgIpc) is 2.72. The van der Waals surface area contributed by atoms with E-state index in [-0.39, 0.29) is 1.43 Å². The molecule has 0 radical (unpaired) electrons. The lowest BCUT2D eigenvalue weighted by molar-refractivity contribution is 0.348. The van der Waals surface area contributed by atoms with Gasteiger partial charge in [0, 0.05) is 12.6 Å². The number of hydrogen-bond acceptors (Lipinski definition) is 0. The van der Waals surface area contributed by atoms with Crippen LogP contribution >= 0.6 is 0 Å². The fourth-order valence-corrected chi connectivity index (χ4v) is 4.26.